The molecular formula is C13H36O4Si3. The Hall–Kier alpha value is 0.231. The van der Waals surface area contributed by atoms with Crippen molar-refractivity contribution >= 4 is 25.7 Å². The Labute approximate surface area is 130 Å². The van der Waals surface area contributed by atoms with Gasteiger partial charge in [0.15, 0.2) is 0 Å². The third-order valence-corrected chi connectivity index (χ3v) is 12.3. The highest BCUT2D eigenvalue weighted by Gasteiger charge is 2.41. The number of rotatable bonds is 7. The largest absolute Gasteiger partial charge is 0.415 e. The van der Waals surface area contributed by atoms with Crippen LogP contribution in [0.5, 0.6) is 0 Å². The Morgan fingerprint density at radius 1 is 0.700 bits per heavy atom. The third kappa shape index (κ3) is 12.0. The Balaban J connectivity index is -0.000000656. The summed E-state index contributed by atoms with van der Waals surface area (Å²) >= 11 is 0. The number of hydrogen-bond donors (Lipinski definition) is 0. The predicted molar refractivity (Wildman–Crippen MR) is 95.7 cm³/mol. The van der Waals surface area contributed by atoms with Gasteiger partial charge in [-0.15, -0.1) is 6.58 Å². The lowest BCUT2D eigenvalue weighted by Gasteiger charge is -2.36. The van der Waals surface area contributed by atoms with Gasteiger partial charge in [0.1, 0.15) is 0 Å². The van der Waals surface area contributed by atoms with Gasteiger partial charge in [-0.05, 0) is 32.7 Å². The second-order valence-corrected chi connectivity index (χ2v) is 15.1. The fraction of sp³-hybridized carbons (Fsp3) is 0.846. The molecule has 0 aliphatic rings. The molecule has 0 saturated heterocycles. The van der Waals surface area contributed by atoms with Crippen molar-refractivity contribution in [1.29, 1.82) is 0 Å². The molecule has 0 rings (SSSR count). The Bertz CT molecular complexity index is 248. The maximum atomic E-state index is 6.03. The molecular weight excluding hydrogens is 304 g/mol. The fourth-order valence-electron chi connectivity index (χ4n) is 1.31. The van der Waals surface area contributed by atoms with Crippen LogP contribution in [0, 0.1) is 0 Å². The molecule has 0 heterocycles. The van der Waals surface area contributed by atoms with Crippen molar-refractivity contribution in [3.05, 3.63) is 12.3 Å². The summed E-state index contributed by atoms with van der Waals surface area (Å²) in [6.45, 7) is 21.7. The van der Waals surface area contributed by atoms with Crippen LogP contribution in [0.1, 0.15) is 27.7 Å². The van der Waals surface area contributed by atoms with Gasteiger partial charge < -0.3 is 17.1 Å². The van der Waals surface area contributed by atoms with Gasteiger partial charge in [0.25, 0.3) is 0 Å². The molecule has 0 amide bonds. The monoisotopic (exact) mass is 340 g/mol. The third-order valence-electron chi connectivity index (χ3n) is 2.21. The number of hydrogen-bond acceptors (Lipinski definition) is 4. The van der Waals surface area contributed by atoms with Crippen molar-refractivity contribution in [2.24, 2.45) is 0 Å². The van der Waals surface area contributed by atoms with E-state index >= 15 is 0 Å². The van der Waals surface area contributed by atoms with Crippen molar-refractivity contribution in [3.8, 4) is 0 Å². The normalized spacial score (nSPS) is 14.2. The van der Waals surface area contributed by atoms with Gasteiger partial charge in [-0.25, -0.2) is 0 Å². The maximum absolute atomic E-state index is 6.03. The van der Waals surface area contributed by atoms with Crippen LogP contribution in [0.25, 0.3) is 0 Å². The molecule has 0 N–H and O–H groups in total. The molecule has 7 heteroatoms. The van der Waals surface area contributed by atoms with E-state index in [9.17, 15) is 0 Å². The molecule has 20 heavy (non-hydrogen) atoms. The van der Waals surface area contributed by atoms with Gasteiger partial charge in [0, 0.05) is 14.2 Å². The summed E-state index contributed by atoms with van der Waals surface area (Å²) in [5.41, 5.74) is 1.77. The summed E-state index contributed by atoms with van der Waals surface area (Å²) < 4.78 is 22.8. The van der Waals surface area contributed by atoms with E-state index in [0.717, 1.165) is 0 Å². The minimum absolute atomic E-state index is 1.65. The van der Waals surface area contributed by atoms with Crippen LogP contribution in [0.15, 0.2) is 12.3 Å². The van der Waals surface area contributed by atoms with Crippen LogP contribution in [-0.2, 0) is 17.1 Å². The van der Waals surface area contributed by atoms with Crippen LogP contribution in [0.3, 0.4) is 0 Å². The summed E-state index contributed by atoms with van der Waals surface area (Å²) in [4.78, 5) is 0. The molecule has 1 unspecified atom stereocenters. The standard InChI is InChI=1S/C9H24O4Si3.2C2H6/c1-9-16(8,11-3)13-15(6,7)12-14(4,5)10-2;2*1-2/h9H,1H2,2-8H3;2*1-2H3. The zero-order valence-corrected chi connectivity index (χ0v) is 18.4. The van der Waals surface area contributed by atoms with Crippen LogP contribution in [0.2, 0.25) is 32.7 Å². The Morgan fingerprint density at radius 3 is 1.35 bits per heavy atom. The minimum atomic E-state index is -2.28. The van der Waals surface area contributed by atoms with Gasteiger partial charge in [-0.3, -0.25) is 0 Å². The van der Waals surface area contributed by atoms with Gasteiger partial charge in [-0.2, -0.15) is 0 Å². The first-order chi connectivity index (χ1) is 9.10. The zero-order valence-electron chi connectivity index (χ0n) is 15.4. The second kappa shape index (κ2) is 11.8. The second-order valence-electron chi connectivity index (χ2n) is 4.63. The molecule has 0 aromatic rings. The van der Waals surface area contributed by atoms with Gasteiger partial charge in [-0.1, -0.05) is 33.4 Å². The van der Waals surface area contributed by atoms with E-state index in [-0.39, 0.29) is 0 Å². The van der Waals surface area contributed by atoms with E-state index in [4.69, 9.17) is 17.1 Å². The minimum Gasteiger partial charge on any atom is -0.415 e. The molecule has 0 saturated carbocycles. The van der Waals surface area contributed by atoms with Crippen LogP contribution < -0.4 is 0 Å². The quantitative estimate of drug-likeness (QED) is 0.636. The summed E-state index contributed by atoms with van der Waals surface area (Å²) in [5.74, 6) is 0. The smallest absolute Gasteiger partial charge is 0.352 e. The molecule has 0 aromatic carbocycles. The van der Waals surface area contributed by atoms with Gasteiger partial charge in [0.2, 0.25) is 0 Å². The topological polar surface area (TPSA) is 36.9 Å². The van der Waals surface area contributed by atoms with Gasteiger partial charge >= 0.3 is 25.7 Å². The highest BCUT2D eigenvalue weighted by molar-refractivity contribution is 6.86. The lowest BCUT2D eigenvalue weighted by Crippen LogP contribution is -2.54. The molecule has 1 atom stereocenters. The molecule has 0 fully saturated rings. The van der Waals surface area contributed by atoms with E-state index in [1.54, 1.807) is 19.9 Å². The summed E-state index contributed by atoms with van der Waals surface area (Å²) in [7, 11) is -3.25. The summed E-state index contributed by atoms with van der Waals surface area (Å²) in [5, 5.41) is 0. The molecule has 0 aliphatic heterocycles. The molecule has 0 spiro atoms. The van der Waals surface area contributed by atoms with Crippen molar-refractivity contribution in [3.63, 3.8) is 0 Å². The molecule has 0 radical (unpaired) electrons. The average molecular weight is 341 g/mol. The van der Waals surface area contributed by atoms with E-state index in [1.165, 1.54) is 0 Å². The van der Waals surface area contributed by atoms with E-state index in [0.29, 0.717) is 0 Å². The van der Waals surface area contributed by atoms with E-state index in [1.807, 2.05) is 60.4 Å². The van der Waals surface area contributed by atoms with Crippen LogP contribution in [0.4, 0.5) is 0 Å². The molecule has 4 nitrogen and oxygen atoms in total. The Kier molecular flexibility index (Phi) is 14.9. The first-order valence-electron chi connectivity index (χ1n) is 7.24. The molecule has 0 aromatic heterocycles. The highest BCUT2D eigenvalue weighted by atomic mass is 28.5. The van der Waals surface area contributed by atoms with Crippen molar-refractivity contribution < 1.29 is 17.1 Å². The van der Waals surface area contributed by atoms with E-state index < -0.39 is 25.7 Å². The van der Waals surface area contributed by atoms with Crippen molar-refractivity contribution in [2.75, 3.05) is 14.2 Å². The lowest BCUT2D eigenvalue weighted by molar-refractivity contribution is 0.251. The molecule has 0 bridgehead atoms. The van der Waals surface area contributed by atoms with Crippen LogP contribution >= 0.6 is 0 Å². The molecule has 0 aliphatic carbocycles. The Morgan fingerprint density at radius 2 is 1.10 bits per heavy atom. The summed E-state index contributed by atoms with van der Waals surface area (Å²) in [6, 6.07) is 0. The molecule has 124 valence electrons. The van der Waals surface area contributed by atoms with Gasteiger partial charge in [0.05, 0.1) is 0 Å². The summed E-state index contributed by atoms with van der Waals surface area (Å²) in [6.07, 6.45) is 0. The zero-order chi connectivity index (χ0) is 17.0. The van der Waals surface area contributed by atoms with Crippen LogP contribution in [-0.4, -0.2) is 39.9 Å². The van der Waals surface area contributed by atoms with Crippen molar-refractivity contribution in [2.45, 2.75) is 60.4 Å². The average Bonchev–Trinajstić information content (AvgIpc) is 2.41. The first kappa shape index (κ1) is 25.2. The lowest BCUT2D eigenvalue weighted by atomic mass is 11.0. The SMILES string of the molecule is C=C[Si](C)(OC)O[Si](C)(C)O[Si](C)(C)OC.CC.CC. The highest BCUT2D eigenvalue weighted by Crippen LogP contribution is 2.21. The predicted octanol–water partition coefficient (Wildman–Crippen LogP) is 4.57. The first-order valence-corrected chi connectivity index (χ1v) is 15.3. The van der Waals surface area contributed by atoms with E-state index in [2.05, 4.69) is 6.58 Å². The maximum Gasteiger partial charge on any atom is 0.352 e. The fourth-order valence-corrected chi connectivity index (χ4v) is 11.7. The van der Waals surface area contributed by atoms with Crippen molar-refractivity contribution in [1.82, 2.24) is 0 Å².